The molecule has 0 fully saturated rings. The zero-order valence-corrected chi connectivity index (χ0v) is 11.5. The van der Waals surface area contributed by atoms with Gasteiger partial charge in [-0.2, -0.15) is 0 Å². The lowest BCUT2D eigenvalue weighted by molar-refractivity contribution is 0.0565. The smallest absolute Gasteiger partial charge is 0.373 e. The van der Waals surface area contributed by atoms with Gasteiger partial charge in [-0.25, -0.2) is 9.59 Å². The lowest BCUT2D eigenvalue weighted by Crippen LogP contribution is -2.01. The van der Waals surface area contributed by atoms with Crippen molar-refractivity contribution in [2.24, 2.45) is 0 Å². The van der Waals surface area contributed by atoms with Crippen LogP contribution in [0, 0.1) is 0 Å². The molecule has 0 radical (unpaired) electrons. The Hall–Kier alpha value is -2.82. The number of carbonyl (C=O) groups excluding carboxylic acids is 2. The predicted octanol–water partition coefficient (Wildman–Crippen LogP) is 3.16. The Bertz CT molecular complexity index is 860. The molecular weight excluding hydrogens is 272 g/mol. The van der Waals surface area contributed by atoms with E-state index in [1.165, 1.54) is 20.3 Å². The van der Waals surface area contributed by atoms with Crippen LogP contribution in [0.3, 0.4) is 0 Å². The molecule has 106 valence electrons. The summed E-state index contributed by atoms with van der Waals surface area (Å²) < 4.78 is 15.0. The fourth-order valence-corrected chi connectivity index (χ4v) is 2.33. The van der Waals surface area contributed by atoms with Crippen LogP contribution >= 0.6 is 0 Å². The number of esters is 2. The molecule has 0 saturated carbocycles. The van der Waals surface area contributed by atoms with E-state index in [1.807, 2.05) is 24.3 Å². The number of hydrogen-bond donors (Lipinski definition) is 0. The third-order valence-electron chi connectivity index (χ3n) is 3.32. The van der Waals surface area contributed by atoms with Crippen LogP contribution in [-0.2, 0) is 9.47 Å². The summed E-state index contributed by atoms with van der Waals surface area (Å²) in [4.78, 5) is 23.6. The second-order valence-electron chi connectivity index (χ2n) is 4.48. The van der Waals surface area contributed by atoms with Gasteiger partial charge in [-0.05, 0) is 11.5 Å². The van der Waals surface area contributed by atoms with Crippen LogP contribution in [0.1, 0.15) is 20.9 Å². The van der Waals surface area contributed by atoms with Gasteiger partial charge in [-0.1, -0.05) is 24.3 Å². The van der Waals surface area contributed by atoms with Crippen LogP contribution in [0.4, 0.5) is 0 Å². The van der Waals surface area contributed by atoms with Crippen LogP contribution in [0.5, 0.6) is 0 Å². The predicted molar refractivity (Wildman–Crippen MR) is 76.4 cm³/mol. The molecule has 0 amide bonds. The fourth-order valence-electron chi connectivity index (χ4n) is 2.33. The van der Waals surface area contributed by atoms with Crippen LogP contribution in [0.25, 0.3) is 21.7 Å². The number of fused-ring (bicyclic) bond motifs is 3. The Balaban J connectivity index is 2.41. The molecular formula is C16H12O5. The molecule has 0 aliphatic heterocycles. The quantitative estimate of drug-likeness (QED) is 0.676. The molecule has 0 bridgehead atoms. The van der Waals surface area contributed by atoms with E-state index in [0.29, 0.717) is 16.5 Å². The lowest BCUT2D eigenvalue weighted by Gasteiger charge is -2.04. The van der Waals surface area contributed by atoms with E-state index in [1.54, 1.807) is 6.07 Å². The first kappa shape index (κ1) is 13.2. The molecule has 5 heteroatoms. The monoisotopic (exact) mass is 284 g/mol. The van der Waals surface area contributed by atoms with Gasteiger partial charge in [-0.3, -0.25) is 0 Å². The molecule has 2 aromatic carbocycles. The van der Waals surface area contributed by atoms with Crippen LogP contribution in [-0.4, -0.2) is 26.2 Å². The van der Waals surface area contributed by atoms with Gasteiger partial charge in [0, 0.05) is 16.8 Å². The number of methoxy groups -OCH3 is 2. The average Bonchev–Trinajstić information content (AvgIpc) is 2.98. The van der Waals surface area contributed by atoms with Crippen LogP contribution in [0.15, 0.2) is 40.8 Å². The molecule has 0 atom stereocenters. The minimum absolute atomic E-state index is 0.0500. The van der Waals surface area contributed by atoms with Crippen molar-refractivity contribution in [2.45, 2.75) is 0 Å². The van der Waals surface area contributed by atoms with E-state index < -0.39 is 11.9 Å². The second kappa shape index (κ2) is 4.94. The number of hydrogen-bond acceptors (Lipinski definition) is 5. The van der Waals surface area contributed by atoms with Crippen molar-refractivity contribution in [3.8, 4) is 0 Å². The Morgan fingerprint density at radius 1 is 0.952 bits per heavy atom. The maximum absolute atomic E-state index is 11.9. The third kappa shape index (κ3) is 2.03. The third-order valence-corrected chi connectivity index (χ3v) is 3.32. The van der Waals surface area contributed by atoms with Crippen molar-refractivity contribution in [1.82, 2.24) is 0 Å². The van der Waals surface area contributed by atoms with Crippen molar-refractivity contribution >= 4 is 33.7 Å². The van der Waals surface area contributed by atoms with Crippen molar-refractivity contribution < 1.29 is 23.5 Å². The van der Waals surface area contributed by atoms with E-state index >= 15 is 0 Å². The Kier molecular flexibility index (Phi) is 3.10. The van der Waals surface area contributed by atoms with Crippen molar-refractivity contribution in [3.05, 3.63) is 47.7 Å². The highest BCUT2D eigenvalue weighted by molar-refractivity contribution is 6.15. The second-order valence-corrected chi connectivity index (χ2v) is 4.48. The van der Waals surface area contributed by atoms with Gasteiger partial charge in [0.25, 0.3) is 0 Å². The van der Waals surface area contributed by atoms with E-state index in [-0.39, 0.29) is 5.76 Å². The highest BCUT2D eigenvalue weighted by Crippen LogP contribution is 2.32. The number of carbonyl (C=O) groups is 2. The molecule has 1 heterocycles. The van der Waals surface area contributed by atoms with Gasteiger partial charge in [-0.15, -0.1) is 0 Å². The first-order valence-corrected chi connectivity index (χ1v) is 6.27. The number of ether oxygens (including phenoxy) is 2. The molecule has 21 heavy (non-hydrogen) atoms. The number of benzene rings is 2. The Labute approximate surface area is 120 Å². The summed E-state index contributed by atoms with van der Waals surface area (Å²) in [5, 5.41) is 2.17. The van der Waals surface area contributed by atoms with Gasteiger partial charge in [0.2, 0.25) is 5.76 Å². The molecule has 0 saturated heterocycles. The van der Waals surface area contributed by atoms with Crippen molar-refractivity contribution in [2.75, 3.05) is 14.2 Å². The maximum Gasteiger partial charge on any atom is 0.373 e. The molecule has 0 aliphatic carbocycles. The number of rotatable bonds is 2. The largest absolute Gasteiger partial charge is 0.465 e. The van der Waals surface area contributed by atoms with Crippen LogP contribution < -0.4 is 0 Å². The zero-order chi connectivity index (χ0) is 15.0. The minimum Gasteiger partial charge on any atom is -0.465 e. The molecule has 0 N–H and O–H groups in total. The minimum atomic E-state index is -0.592. The van der Waals surface area contributed by atoms with Crippen molar-refractivity contribution in [1.29, 1.82) is 0 Å². The molecule has 3 aromatic rings. The zero-order valence-electron chi connectivity index (χ0n) is 11.5. The molecule has 0 spiro atoms. The van der Waals surface area contributed by atoms with Gasteiger partial charge in [0.1, 0.15) is 5.58 Å². The van der Waals surface area contributed by atoms with Crippen LogP contribution in [0.2, 0.25) is 0 Å². The number of furan rings is 1. The fraction of sp³-hybridized carbons (Fsp3) is 0.125. The van der Waals surface area contributed by atoms with Gasteiger partial charge in [0.15, 0.2) is 0 Å². The summed E-state index contributed by atoms with van der Waals surface area (Å²) in [5.74, 6) is -1.02. The van der Waals surface area contributed by atoms with E-state index in [9.17, 15) is 9.59 Å². The SMILES string of the molecule is COC(=O)c1cc2c(C(=O)OC)cc3ccccc3c2o1. The molecule has 1 aromatic heterocycles. The van der Waals surface area contributed by atoms with Gasteiger partial charge in [0.05, 0.1) is 19.8 Å². The first-order chi connectivity index (χ1) is 10.2. The maximum atomic E-state index is 11.9. The molecule has 5 nitrogen and oxygen atoms in total. The summed E-state index contributed by atoms with van der Waals surface area (Å²) in [6.45, 7) is 0. The topological polar surface area (TPSA) is 65.7 Å². The normalized spacial score (nSPS) is 10.8. The van der Waals surface area contributed by atoms with E-state index in [2.05, 4.69) is 4.74 Å². The lowest BCUT2D eigenvalue weighted by atomic mass is 10.0. The summed E-state index contributed by atoms with van der Waals surface area (Å²) in [6.07, 6.45) is 0. The van der Waals surface area contributed by atoms with Gasteiger partial charge < -0.3 is 13.9 Å². The highest BCUT2D eigenvalue weighted by Gasteiger charge is 2.20. The van der Waals surface area contributed by atoms with Crippen molar-refractivity contribution in [3.63, 3.8) is 0 Å². The summed E-state index contributed by atoms with van der Waals surface area (Å²) in [5.41, 5.74) is 0.819. The molecule has 0 aliphatic rings. The summed E-state index contributed by atoms with van der Waals surface area (Å²) in [6, 6.07) is 10.7. The molecule has 0 unspecified atom stereocenters. The van der Waals surface area contributed by atoms with Gasteiger partial charge >= 0.3 is 11.9 Å². The first-order valence-electron chi connectivity index (χ1n) is 6.27. The average molecular weight is 284 g/mol. The molecule has 3 rings (SSSR count). The van der Waals surface area contributed by atoms with E-state index in [0.717, 1.165) is 10.8 Å². The summed E-state index contributed by atoms with van der Waals surface area (Å²) >= 11 is 0. The summed E-state index contributed by atoms with van der Waals surface area (Å²) in [7, 11) is 2.58. The highest BCUT2D eigenvalue weighted by atomic mass is 16.5. The van der Waals surface area contributed by atoms with E-state index in [4.69, 9.17) is 9.15 Å². The Morgan fingerprint density at radius 2 is 1.67 bits per heavy atom. The standard InChI is InChI=1S/C16H12O5/c1-19-15(17)12-7-9-5-3-4-6-10(9)14-11(12)8-13(21-14)16(18)20-2/h3-8H,1-2H3. The Morgan fingerprint density at radius 3 is 2.38 bits per heavy atom.